The monoisotopic (exact) mass is 431 g/mol. The topological polar surface area (TPSA) is 36.4 Å². The number of nitrogens with zero attached hydrogens (tertiary/aromatic N) is 3. The summed E-state index contributed by atoms with van der Waals surface area (Å²) in [6, 6.07) is 11.2. The Labute approximate surface area is 181 Å². The maximum Gasteiger partial charge on any atom is 0.416 e. The standard InChI is InChI=1S/C24H28F3N3O/c25-24(26,27)20-8-6-18(7-9-20)16-21-4-3-5-22(28-21)19-10-14-30(15-11-19)23(31)17-29-12-1-2-13-29/h3-9,19H,1-2,10-17H2. The van der Waals surface area contributed by atoms with Gasteiger partial charge in [0.2, 0.25) is 5.91 Å². The third-order valence-electron chi connectivity index (χ3n) is 6.32. The number of carbonyl (C=O) groups is 1. The highest BCUT2D eigenvalue weighted by Gasteiger charge is 2.30. The number of piperidine rings is 1. The highest BCUT2D eigenvalue weighted by atomic mass is 19.4. The van der Waals surface area contributed by atoms with E-state index >= 15 is 0 Å². The minimum Gasteiger partial charge on any atom is -0.342 e. The van der Waals surface area contributed by atoms with E-state index in [0.717, 1.165) is 68.1 Å². The molecule has 2 aliphatic heterocycles. The lowest BCUT2D eigenvalue weighted by Crippen LogP contribution is -2.43. The fourth-order valence-corrected chi connectivity index (χ4v) is 4.50. The average Bonchev–Trinajstić information content (AvgIpc) is 3.27. The number of carbonyl (C=O) groups excluding carboxylic acids is 1. The van der Waals surface area contributed by atoms with Gasteiger partial charge in [-0.25, -0.2) is 0 Å². The molecule has 2 aliphatic rings. The number of amides is 1. The number of alkyl halides is 3. The molecule has 2 aromatic rings. The number of hydrogen-bond acceptors (Lipinski definition) is 3. The molecule has 0 radical (unpaired) electrons. The van der Waals surface area contributed by atoms with Crippen LogP contribution in [0.3, 0.4) is 0 Å². The Balaban J connectivity index is 1.33. The quantitative estimate of drug-likeness (QED) is 0.700. The predicted molar refractivity (Wildman–Crippen MR) is 113 cm³/mol. The molecule has 3 heterocycles. The van der Waals surface area contributed by atoms with E-state index in [9.17, 15) is 18.0 Å². The highest BCUT2D eigenvalue weighted by Crippen LogP contribution is 2.30. The first-order chi connectivity index (χ1) is 14.9. The lowest BCUT2D eigenvalue weighted by molar-refractivity contribution is -0.137. The van der Waals surface area contributed by atoms with Crippen molar-refractivity contribution < 1.29 is 18.0 Å². The molecule has 0 bridgehead atoms. The van der Waals surface area contributed by atoms with Gasteiger partial charge in [-0.15, -0.1) is 0 Å². The van der Waals surface area contributed by atoms with E-state index in [-0.39, 0.29) is 5.91 Å². The number of aromatic nitrogens is 1. The van der Waals surface area contributed by atoms with Gasteiger partial charge in [0.05, 0.1) is 12.1 Å². The molecule has 1 aromatic carbocycles. The molecule has 0 saturated carbocycles. The maximum atomic E-state index is 12.7. The van der Waals surface area contributed by atoms with Gasteiger partial charge in [0.25, 0.3) is 0 Å². The number of likely N-dealkylation sites (tertiary alicyclic amines) is 2. The van der Waals surface area contributed by atoms with Gasteiger partial charge in [0, 0.05) is 36.8 Å². The molecule has 4 nitrogen and oxygen atoms in total. The van der Waals surface area contributed by atoms with Crippen molar-refractivity contribution in [2.24, 2.45) is 0 Å². The molecule has 1 aromatic heterocycles. The second-order valence-electron chi connectivity index (χ2n) is 8.56. The summed E-state index contributed by atoms with van der Waals surface area (Å²) < 4.78 is 38.2. The zero-order valence-electron chi connectivity index (χ0n) is 17.6. The molecule has 0 unspecified atom stereocenters. The molecule has 0 aliphatic carbocycles. The van der Waals surface area contributed by atoms with Crippen LogP contribution in [0.5, 0.6) is 0 Å². The molecule has 0 spiro atoms. The van der Waals surface area contributed by atoms with Crippen molar-refractivity contribution >= 4 is 5.91 Å². The molecule has 7 heteroatoms. The van der Waals surface area contributed by atoms with Gasteiger partial charge in [-0.1, -0.05) is 18.2 Å². The summed E-state index contributed by atoms with van der Waals surface area (Å²) in [6.07, 6.45) is 0.333. The summed E-state index contributed by atoms with van der Waals surface area (Å²) in [4.78, 5) is 21.5. The average molecular weight is 432 g/mol. The minimum atomic E-state index is -4.32. The smallest absolute Gasteiger partial charge is 0.342 e. The van der Waals surface area contributed by atoms with Crippen LogP contribution >= 0.6 is 0 Å². The van der Waals surface area contributed by atoms with E-state index in [0.29, 0.717) is 18.9 Å². The van der Waals surface area contributed by atoms with Crippen LogP contribution in [0.1, 0.15) is 54.1 Å². The number of pyridine rings is 1. The minimum absolute atomic E-state index is 0.226. The predicted octanol–water partition coefficient (Wildman–Crippen LogP) is 4.49. The molecular formula is C24H28F3N3O. The van der Waals surface area contributed by atoms with Crippen molar-refractivity contribution in [2.75, 3.05) is 32.7 Å². The Bertz CT molecular complexity index is 884. The Morgan fingerprint density at radius 2 is 1.65 bits per heavy atom. The maximum absolute atomic E-state index is 12.7. The van der Waals surface area contributed by atoms with E-state index in [2.05, 4.69) is 4.90 Å². The molecule has 2 fully saturated rings. The summed E-state index contributed by atoms with van der Waals surface area (Å²) in [6.45, 7) is 4.09. The van der Waals surface area contributed by atoms with Crippen molar-refractivity contribution in [2.45, 2.75) is 44.2 Å². The van der Waals surface area contributed by atoms with Crippen LogP contribution in [0.2, 0.25) is 0 Å². The summed E-state index contributed by atoms with van der Waals surface area (Å²) >= 11 is 0. The van der Waals surface area contributed by atoms with Gasteiger partial charge in [-0.05, 0) is 68.6 Å². The van der Waals surface area contributed by atoms with E-state index < -0.39 is 11.7 Å². The number of rotatable bonds is 5. The Morgan fingerprint density at radius 3 is 2.29 bits per heavy atom. The molecule has 4 rings (SSSR count). The van der Waals surface area contributed by atoms with Crippen LogP contribution in [0.25, 0.3) is 0 Å². The number of benzene rings is 1. The van der Waals surface area contributed by atoms with Crippen molar-refractivity contribution in [3.05, 3.63) is 65.0 Å². The largest absolute Gasteiger partial charge is 0.416 e. The highest BCUT2D eigenvalue weighted by molar-refractivity contribution is 5.78. The Hall–Kier alpha value is -2.41. The number of halogens is 3. The zero-order chi connectivity index (χ0) is 21.8. The van der Waals surface area contributed by atoms with Gasteiger partial charge in [0.15, 0.2) is 0 Å². The fraction of sp³-hybridized carbons (Fsp3) is 0.500. The summed E-state index contributed by atoms with van der Waals surface area (Å²) in [5.74, 6) is 0.535. The first-order valence-electron chi connectivity index (χ1n) is 11.0. The molecule has 0 N–H and O–H groups in total. The first-order valence-corrected chi connectivity index (χ1v) is 11.0. The Kier molecular flexibility index (Phi) is 6.60. The van der Waals surface area contributed by atoms with E-state index in [1.165, 1.54) is 25.0 Å². The SMILES string of the molecule is O=C(CN1CCCC1)N1CCC(c2cccc(Cc3ccc(C(F)(F)F)cc3)n2)CC1. The van der Waals surface area contributed by atoms with Crippen molar-refractivity contribution in [1.29, 1.82) is 0 Å². The van der Waals surface area contributed by atoms with Gasteiger partial charge in [-0.2, -0.15) is 13.2 Å². The molecule has 166 valence electrons. The first kappa shape index (κ1) is 21.8. The summed E-state index contributed by atoms with van der Waals surface area (Å²) in [7, 11) is 0. The van der Waals surface area contributed by atoms with Crippen LogP contribution in [0, 0.1) is 0 Å². The van der Waals surface area contributed by atoms with Gasteiger partial charge in [0.1, 0.15) is 0 Å². The lowest BCUT2D eigenvalue weighted by Gasteiger charge is -2.33. The zero-order valence-corrected chi connectivity index (χ0v) is 17.6. The normalized spacial score (nSPS) is 18.5. The van der Waals surface area contributed by atoms with E-state index in [1.807, 2.05) is 23.1 Å². The van der Waals surface area contributed by atoms with Crippen LogP contribution in [-0.4, -0.2) is 53.4 Å². The molecule has 31 heavy (non-hydrogen) atoms. The van der Waals surface area contributed by atoms with Crippen molar-refractivity contribution in [1.82, 2.24) is 14.8 Å². The molecule has 0 atom stereocenters. The Morgan fingerprint density at radius 1 is 0.968 bits per heavy atom. The summed E-state index contributed by atoms with van der Waals surface area (Å²) in [5.41, 5.74) is 2.03. The molecular weight excluding hydrogens is 403 g/mol. The fourth-order valence-electron chi connectivity index (χ4n) is 4.50. The van der Waals surface area contributed by atoms with Crippen LogP contribution in [-0.2, 0) is 17.4 Å². The van der Waals surface area contributed by atoms with Gasteiger partial charge < -0.3 is 4.90 Å². The van der Waals surface area contributed by atoms with Crippen LogP contribution in [0.4, 0.5) is 13.2 Å². The molecule has 2 saturated heterocycles. The second-order valence-corrected chi connectivity index (χ2v) is 8.56. The number of hydrogen-bond donors (Lipinski definition) is 0. The third kappa shape index (κ3) is 5.64. The van der Waals surface area contributed by atoms with Crippen molar-refractivity contribution in [3.63, 3.8) is 0 Å². The van der Waals surface area contributed by atoms with Crippen LogP contribution in [0.15, 0.2) is 42.5 Å². The van der Waals surface area contributed by atoms with Gasteiger partial charge in [-0.3, -0.25) is 14.7 Å². The van der Waals surface area contributed by atoms with Crippen molar-refractivity contribution in [3.8, 4) is 0 Å². The van der Waals surface area contributed by atoms with Crippen LogP contribution < -0.4 is 0 Å². The van der Waals surface area contributed by atoms with E-state index in [4.69, 9.17) is 4.98 Å². The van der Waals surface area contributed by atoms with Gasteiger partial charge >= 0.3 is 6.18 Å². The second kappa shape index (κ2) is 9.39. The van der Waals surface area contributed by atoms with E-state index in [1.54, 1.807) is 0 Å². The summed E-state index contributed by atoms with van der Waals surface area (Å²) in [5, 5.41) is 0. The lowest BCUT2D eigenvalue weighted by atomic mass is 9.92. The molecule has 1 amide bonds. The third-order valence-corrected chi connectivity index (χ3v) is 6.32.